The molecule has 1 aliphatic heterocycles. The molecule has 0 saturated carbocycles. The van der Waals surface area contributed by atoms with Crippen molar-refractivity contribution in [3.05, 3.63) is 70.5 Å². The lowest BCUT2D eigenvalue weighted by molar-refractivity contribution is 0.233. The van der Waals surface area contributed by atoms with Crippen molar-refractivity contribution in [1.82, 2.24) is 0 Å². The molecule has 0 aromatic heterocycles. The summed E-state index contributed by atoms with van der Waals surface area (Å²) in [4.78, 5) is 0. The maximum absolute atomic E-state index is 13.3. The fourth-order valence-corrected chi connectivity index (χ4v) is 8.30. The molecule has 1 saturated heterocycles. The Kier molecular flexibility index (Phi) is 10.1. The quantitative estimate of drug-likeness (QED) is 0.178. The third-order valence-corrected chi connectivity index (χ3v) is 10.3. The monoisotopic (exact) mass is 472 g/mol. The van der Waals surface area contributed by atoms with Crippen molar-refractivity contribution in [1.29, 1.82) is 0 Å². The van der Waals surface area contributed by atoms with Crippen LogP contribution in [-0.4, -0.2) is 20.0 Å². The van der Waals surface area contributed by atoms with Crippen LogP contribution in [0.25, 0.3) is 0 Å². The van der Waals surface area contributed by atoms with E-state index in [1.807, 2.05) is 12.1 Å². The standard InChI is InChI=1S/C28H35F3OSi/c1-2-3-4-5-6-15-33-16-13-24(14-17-33)23-10-7-21(8-11-23)18-25(32)12-9-22-19-26(29)28(31)27(30)20-22/h7-8,10-11,19-20,24-25,32-33H,2-6,13-18H2,1H3. The molecule has 1 heterocycles. The zero-order chi connectivity index (χ0) is 23.6. The number of rotatable bonds is 9. The summed E-state index contributed by atoms with van der Waals surface area (Å²) < 4.78 is 39.6. The highest BCUT2D eigenvalue weighted by Gasteiger charge is 2.23. The third-order valence-electron chi connectivity index (χ3n) is 6.81. The van der Waals surface area contributed by atoms with Crippen molar-refractivity contribution in [3.63, 3.8) is 0 Å². The molecule has 1 nitrogen and oxygen atoms in total. The zero-order valence-corrected chi connectivity index (χ0v) is 20.7. The Hall–Kier alpha value is -2.03. The maximum Gasteiger partial charge on any atom is 0.194 e. The number of hydrogen-bond donors (Lipinski definition) is 1. The van der Waals surface area contributed by atoms with E-state index in [4.69, 9.17) is 0 Å². The molecule has 0 amide bonds. The van der Waals surface area contributed by atoms with Crippen LogP contribution in [-0.2, 0) is 6.42 Å². The Labute approximate surface area is 198 Å². The maximum atomic E-state index is 13.3. The van der Waals surface area contributed by atoms with Gasteiger partial charge in [0, 0.05) is 20.8 Å². The summed E-state index contributed by atoms with van der Waals surface area (Å²) in [5, 5.41) is 10.2. The Morgan fingerprint density at radius 2 is 1.61 bits per heavy atom. The molecule has 0 radical (unpaired) electrons. The SMILES string of the molecule is CCCCCCC[SiH]1CCC(c2ccc(CC(O)C#Cc3cc(F)c(F)c(F)c3)cc2)CC1. The molecule has 5 heteroatoms. The number of hydrogen-bond acceptors (Lipinski definition) is 1. The van der Waals surface area contributed by atoms with E-state index in [2.05, 4.69) is 30.9 Å². The van der Waals surface area contributed by atoms with Crippen molar-refractivity contribution in [3.8, 4) is 11.8 Å². The van der Waals surface area contributed by atoms with Crippen molar-refractivity contribution >= 4 is 8.80 Å². The van der Waals surface area contributed by atoms with E-state index in [1.54, 1.807) is 0 Å². The molecular weight excluding hydrogens is 437 g/mol. The van der Waals surface area contributed by atoms with Crippen LogP contribution < -0.4 is 0 Å². The molecule has 2 aromatic rings. The van der Waals surface area contributed by atoms with Crippen LogP contribution in [0, 0.1) is 29.3 Å². The minimum atomic E-state index is -1.51. The van der Waals surface area contributed by atoms with Gasteiger partial charge in [0.2, 0.25) is 0 Å². The van der Waals surface area contributed by atoms with E-state index in [0.717, 1.165) is 17.7 Å². The third kappa shape index (κ3) is 8.05. The lowest BCUT2D eigenvalue weighted by atomic mass is 9.92. The van der Waals surface area contributed by atoms with Crippen molar-refractivity contribution in [2.24, 2.45) is 0 Å². The summed E-state index contributed by atoms with van der Waals surface area (Å²) in [5.41, 5.74) is 2.35. The molecule has 3 rings (SSSR count). The molecule has 0 spiro atoms. The first-order valence-corrected chi connectivity index (χ1v) is 14.8. The van der Waals surface area contributed by atoms with Gasteiger partial charge in [-0.3, -0.25) is 0 Å². The summed E-state index contributed by atoms with van der Waals surface area (Å²) in [6.07, 6.45) is 8.92. The van der Waals surface area contributed by atoms with Gasteiger partial charge in [-0.2, -0.15) is 0 Å². The minimum absolute atomic E-state index is 0.000843. The van der Waals surface area contributed by atoms with Gasteiger partial charge in [0.15, 0.2) is 17.5 Å². The molecule has 0 bridgehead atoms. The first-order valence-electron chi connectivity index (χ1n) is 12.4. The molecule has 1 atom stereocenters. The largest absolute Gasteiger partial charge is 0.380 e. The fourth-order valence-electron chi connectivity index (χ4n) is 4.82. The van der Waals surface area contributed by atoms with Gasteiger partial charge in [0.1, 0.15) is 6.10 Å². The zero-order valence-electron chi connectivity index (χ0n) is 19.6. The molecule has 1 fully saturated rings. The van der Waals surface area contributed by atoms with Crippen molar-refractivity contribution < 1.29 is 18.3 Å². The van der Waals surface area contributed by atoms with E-state index in [9.17, 15) is 18.3 Å². The first kappa shape index (κ1) is 25.6. The Morgan fingerprint density at radius 3 is 2.24 bits per heavy atom. The normalized spacial score (nSPS) is 19.1. The van der Waals surface area contributed by atoms with Crippen LogP contribution in [0.4, 0.5) is 13.2 Å². The second kappa shape index (κ2) is 13.0. The van der Waals surface area contributed by atoms with Crippen LogP contribution in [0.1, 0.15) is 74.5 Å². The van der Waals surface area contributed by atoms with E-state index < -0.39 is 32.4 Å². The van der Waals surface area contributed by atoms with Crippen LogP contribution in [0.15, 0.2) is 36.4 Å². The van der Waals surface area contributed by atoms with Gasteiger partial charge in [-0.25, -0.2) is 13.2 Å². The van der Waals surface area contributed by atoms with Crippen LogP contribution in [0.3, 0.4) is 0 Å². The molecule has 1 aliphatic rings. The minimum Gasteiger partial charge on any atom is -0.380 e. The van der Waals surface area contributed by atoms with E-state index >= 15 is 0 Å². The molecule has 178 valence electrons. The van der Waals surface area contributed by atoms with Gasteiger partial charge < -0.3 is 5.11 Å². The Morgan fingerprint density at radius 1 is 0.970 bits per heavy atom. The van der Waals surface area contributed by atoms with Gasteiger partial charge in [0.05, 0.1) is 0 Å². The van der Waals surface area contributed by atoms with E-state index in [1.165, 1.54) is 68.6 Å². The Bertz CT molecular complexity index is 917. The molecule has 33 heavy (non-hydrogen) atoms. The number of aliphatic hydroxyl groups excluding tert-OH is 1. The second-order valence-electron chi connectivity index (χ2n) is 9.41. The molecule has 2 aromatic carbocycles. The average molecular weight is 473 g/mol. The number of aliphatic hydroxyl groups is 1. The van der Waals surface area contributed by atoms with Gasteiger partial charge in [-0.15, -0.1) is 0 Å². The summed E-state index contributed by atoms with van der Waals surface area (Å²) in [6, 6.07) is 14.5. The van der Waals surface area contributed by atoms with Gasteiger partial charge in [-0.05, 0) is 42.0 Å². The van der Waals surface area contributed by atoms with Crippen LogP contribution in [0.5, 0.6) is 0 Å². The van der Waals surface area contributed by atoms with Gasteiger partial charge >= 0.3 is 0 Å². The van der Waals surface area contributed by atoms with Gasteiger partial charge in [0.25, 0.3) is 0 Å². The van der Waals surface area contributed by atoms with Crippen LogP contribution >= 0.6 is 0 Å². The number of halogens is 3. The summed E-state index contributed by atoms with van der Waals surface area (Å²) in [6.45, 7) is 2.27. The lowest BCUT2D eigenvalue weighted by Gasteiger charge is -2.28. The first-order chi connectivity index (χ1) is 16.0. The number of unbranched alkanes of at least 4 members (excludes halogenated alkanes) is 4. The molecule has 1 unspecified atom stereocenters. The average Bonchev–Trinajstić information content (AvgIpc) is 2.82. The fraction of sp³-hybridized carbons (Fsp3) is 0.500. The molecule has 1 N–H and O–H groups in total. The predicted molar refractivity (Wildman–Crippen MR) is 132 cm³/mol. The smallest absolute Gasteiger partial charge is 0.194 e. The summed E-state index contributed by atoms with van der Waals surface area (Å²) in [5.74, 6) is 1.67. The van der Waals surface area contributed by atoms with Crippen molar-refractivity contribution in [2.75, 3.05) is 0 Å². The summed E-state index contributed by atoms with van der Waals surface area (Å²) in [7, 11) is -0.529. The Balaban J connectivity index is 1.45. The van der Waals surface area contributed by atoms with Gasteiger partial charge in [-0.1, -0.05) is 93.3 Å². The summed E-state index contributed by atoms with van der Waals surface area (Å²) >= 11 is 0. The van der Waals surface area contributed by atoms with Crippen molar-refractivity contribution in [2.45, 2.75) is 88.4 Å². The van der Waals surface area contributed by atoms with E-state index in [-0.39, 0.29) is 5.56 Å². The highest BCUT2D eigenvalue weighted by atomic mass is 28.3. The molecular formula is C28H35F3OSi. The predicted octanol–water partition coefficient (Wildman–Crippen LogP) is 7.13. The second-order valence-corrected chi connectivity index (χ2v) is 12.9. The highest BCUT2D eigenvalue weighted by molar-refractivity contribution is 6.59. The van der Waals surface area contributed by atoms with E-state index in [0.29, 0.717) is 12.3 Å². The highest BCUT2D eigenvalue weighted by Crippen LogP contribution is 2.35. The topological polar surface area (TPSA) is 20.2 Å². The number of benzene rings is 2. The lowest BCUT2D eigenvalue weighted by Crippen LogP contribution is -2.20. The molecule has 0 aliphatic carbocycles. The van der Waals surface area contributed by atoms with Crippen LogP contribution in [0.2, 0.25) is 18.1 Å².